The number of nitrogens with zero attached hydrogens (tertiary/aromatic N) is 2. The zero-order chi connectivity index (χ0) is 11.0. The third kappa shape index (κ3) is 1.74. The van der Waals surface area contributed by atoms with E-state index in [-0.39, 0.29) is 0 Å². The summed E-state index contributed by atoms with van der Waals surface area (Å²) < 4.78 is 0. The lowest BCUT2D eigenvalue weighted by atomic mass is 9.79. The van der Waals surface area contributed by atoms with Crippen LogP contribution in [-0.2, 0) is 6.54 Å². The van der Waals surface area contributed by atoms with Crippen molar-refractivity contribution < 1.29 is 10.0 Å². The maximum atomic E-state index is 9.07. The van der Waals surface area contributed by atoms with Crippen LogP contribution in [0.5, 0.6) is 0 Å². The second-order valence-electron chi connectivity index (χ2n) is 3.79. The molecule has 0 unspecified atom stereocenters. The Balaban J connectivity index is 2.37. The predicted molar refractivity (Wildman–Crippen MR) is 60.8 cm³/mol. The molecule has 0 aromatic heterocycles. The van der Waals surface area contributed by atoms with Gasteiger partial charge in [-0.05, 0) is 24.0 Å². The lowest BCUT2D eigenvalue weighted by Crippen LogP contribution is -2.33. The van der Waals surface area contributed by atoms with Gasteiger partial charge >= 0.3 is 7.12 Å². The molecule has 5 heteroatoms. The second-order valence-corrected chi connectivity index (χ2v) is 3.79. The Morgan fingerprint density at radius 1 is 1.40 bits per heavy atom. The van der Waals surface area contributed by atoms with Gasteiger partial charge in [0.15, 0.2) is 0 Å². The number of hydrogen-bond acceptors (Lipinski definition) is 4. The Morgan fingerprint density at radius 3 is 2.73 bits per heavy atom. The van der Waals surface area contributed by atoms with Crippen LogP contribution < -0.4 is 10.5 Å². The normalized spacial score (nSPS) is 15.6. The molecule has 80 valence electrons. The van der Waals surface area contributed by atoms with Gasteiger partial charge in [0.25, 0.3) is 0 Å². The molecule has 15 heavy (non-hydrogen) atoms. The summed E-state index contributed by atoms with van der Waals surface area (Å²) in [5.74, 6) is 0. The van der Waals surface area contributed by atoms with Crippen molar-refractivity contribution >= 4 is 18.3 Å². The van der Waals surface area contributed by atoms with E-state index < -0.39 is 7.12 Å². The Hall–Kier alpha value is -1.04. The molecule has 0 fully saturated rings. The predicted octanol–water partition coefficient (Wildman–Crippen LogP) is -0.447. The van der Waals surface area contributed by atoms with Crippen LogP contribution in [0.25, 0.3) is 0 Å². The number of rotatable bonds is 2. The van der Waals surface area contributed by atoms with Crippen molar-refractivity contribution in [1.82, 2.24) is 5.01 Å². The third-order valence-corrected chi connectivity index (χ3v) is 2.79. The van der Waals surface area contributed by atoms with Crippen LogP contribution in [0.4, 0.5) is 5.69 Å². The first-order chi connectivity index (χ1) is 7.13. The quantitative estimate of drug-likeness (QED) is 0.643. The fourth-order valence-electron chi connectivity index (χ4n) is 2.07. The molecule has 2 rings (SSSR count). The summed E-state index contributed by atoms with van der Waals surface area (Å²) in [6.07, 6.45) is 0. The molecule has 0 spiro atoms. The fraction of sp³-hybridized carbons (Fsp3) is 0.400. The van der Waals surface area contributed by atoms with Crippen LogP contribution in [0, 0.1) is 0 Å². The van der Waals surface area contributed by atoms with Gasteiger partial charge in [0.1, 0.15) is 0 Å². The topological polar surface area (TPSA) is 46.9 Å². The number of fused-ring (bicyclic) bond motifs is 1. The highest BCUT2D eigenvalue weighted by molar-refractivity contribution is 6.58. The molecule has 0 saturated carbocycles. The lowest BCUT2D eigenvalue weighted by Gasteiger charge is -2.25. The first kappa shape index (κ1) is 10.5. The van der Waals surface area contributed by atoms with Gasteiger partial charge in [-0.3, -0.25) is 0 Å². The molecular formula is C10H15BN2O2. The second kappa shape index (κ2) is 3.85. The van der Waals surface area contributed by atoms with Crippen LogP contribution in [0.1, 0.15) is 12.5 Å². The van der Waals surface area contributed by atoms with Crippen molar-refractivity contribution in [1.29, 1.82) is 0 Å². The fourth-order valence-corrected chi connectivity index (χ4v) is 2.07. The summed E-state index contributed by atoms with van der Waals surface area (Å²) in [4.78, 5) is 0. The third-order valence-electron chi connectivity index (χ3n) is 2.79. The summed E-state index contributed by atoms with van der Waals surface area (Å²) in [5.41, 5.74) is 2.86. The van der Waals surface area contributed by atoms with Crippen molar-refractivity contribution in [3.8, 4) is 0 Å². The van der Waals surface area contributed by atoms with E-state index in [4.69, 9.17) is 10.0 Å². The monoisotopic (exact) mass is 206 g/mol. The molecule has 1 aliphatic rings. The van der Waals surface area contributed by atoms with Crippen molar-refractivity contribution in [3.63, 3.8) is 0 Å². The SMILES string of the molecule is CCN1c2ccc(B(O)O)cc2CN1C. The zero-order valence-corrected chi connectivity index (χ0v) is 9.01. The highest BCUT2D eigenvalue weighted by Gasteiger charge is 2.24. The molecule has 0 atom stereocenters. The van der Waals surface area contributed by atoms with Crippen LogP contribution >= 0.6 is 0 Å². The Kier molecular flexibility index (Phi) is 2.69. The number of hydrogen-bond donors (Lipinski definition) is 2. The van der Waals surface area contributed by atoms with Gasteiger partial charge in [0.2, 0.25) is 0 Å². The largest absolute Gasteiger partial charge is 0.488 e. The van der Waals surface area contributed by atoms with Gasteiger partial charge in [0.05, 0.1) is 5.69 Å². The number of hydrazine groups is 1. The minimum absolute atomic E-state index is 0.556. The highest BCUT2D eigenvalue weighted by atomic mass is 16.4. The van der Waals surface area contributed by atoms with Gasteiger partial charge in [0, 0.05) is 20.1 Å². The summed E-state index contributed by atoms with van der Waals surface area (Å²) in [7, 11) is 0.648. The van der Waals surface area contributed by atoms with Crippen molar-refractivity contribution in [2.75, 3.05) is 18.6 Å². The van der Waals surface area contributed by atoms with Gasteiger partial charge in [-0.15, -0.1) is 0 Å². The summed E-state index contributed by atoms with van der Waals surface area (Å²) in [5, 5.41) is 22.4. The minimum atomic E-state index is -1.38. The first-order valence-electron chi connectivity index (χ1n) is 5.11. The summed E-state index contributed by atoms with van der Waals surface area (Å²) in [6, 6.07) is 5.55. The number of benzene rings is 1. The average Bonchev–Trinajstić information content (AvgIpc) is 2.51. The molecule has 0 aliphatic carbocycles. The molecule has 1 aromatic rings. The summed E-state index contributed by atoms with van der Waals surface area (Å²) >= 11 is 0. The maximum absolute atomic E-state index is 9.07. The van der Waals surface area contributed by atoms with Gasteiger partial charge < -0.3 is 15.1 Å². The molecule has 4 nitrogen and oxygen atoms in total. The smallest absolute Gasteiger partial charge is 0.423 e. The maximum Gasteiger partial charge on any atom is 0.488 e. The average molecular weight is 206 g/mol. The van der Waals surface area contributed by atoms with E-state index in [2.05, 4.69) is 16.9 Å². The molecule has 0 amide bonds. The van der Waals surface area contributed by atoms with Crippen LogP contribution in [0.2, 0.25) is 0 Å². The van der Waals surface area contributed by atoms with E-state index in [1.54, 1.807) is 6.07 Å². The van der Waals surface area contributed by atoms with Crippen LogP contribution in [0.15, 0.2) is 18.2 Å². The van der Waals surface area contributed by atoms with E-state index in [1.807, 2.05) is 19.2 Å². The highest BCUT2D eigenvalue weighted by Crippen LogP contribution is 2.28. The van der Waals surface area contributed by atoms with Crippen molar-refractivity contribution in [2.45, 2.75) is 13.5 Å². The van der Waals surface area contributed by atoms with Crippen molar-refractivity contribution in [3.05, 3.63) is 23.8 Å². The van der Waals surface area contributed by atoms with Crippen LogP contribution in [-0.4, -0.2) is 35.8 Å². The lowest BCUT2D eigenvalue weighted by molar-refractivity contribution is 0.329. The van der Waals surface area contributed by atoms with Gasteiger partial charge in [-0.25, -0.2) is 5.01 Å². The number of anilines is 1. The van der Waals surface area contributed by atoms with E-state index in [1.165, 1.54) is 0 Å². The minimum Gasteiger partial charge on any atom is -0.423 e. The molecule has 0 radical (unpaired) electrons. The molecule has 1 aliphatic heterocycles. The Bertz CT molecular complexity index is 370. The van der Waals surface area contributed by atoms with E-state index >= 15 is 0 Å². The standard InChI is InChI=1S/C10H15BN2O2/c1-3-13-10-5-4-9(11(14)15)6-8(10)7-12(13)2/h4-6,14-15H,3,7H2,1-2H3. The molecular weight excluding hydrogens is 191 g/mol. The van der Waals surface area contributed by atoms with Gasteiger partial charge in [-0.2, -0.15) is 0 Å². The molecule has 1 aromatic carbocycles. The molecule has 0 saturated heterocycles. The Labute approximate surface area is 89.9 Å². The first-order valence-corrected chi connectivity index (χ1v) is 5.11. The molecule has 2 N–H and O–H groups in total. The van der Waals surface area contributed by atoms with E-state index in [9.17, 15) is 0 Å². The Morgan fingerprint density at radius 2 is 2.13 bits per heavy atom. The molecule has 1 heterocycles. The van der Waals surface area contributed by atoms with Gasteiger partial charge in [-0.1, -0.05) is 12.1 Å². The van der Waals surface area contributed by atoms with E-state index in [0.717, 1.165) is 24.3 Å². The van der Waals surface area contributed by atoms with Crippen LogP contribution in [0.3, 0.4) is 0 Å². The van der Waals surface area contributed by atoms with Crippen molar-refractivity contribution in [2.24, 2.45) is 0 Å². The zero-order valence-electron chi connectivity index (χ0n) is 9.01. The molecule has 0 bridgehead atoms. The summed E-state index contributed by atoms with van der Waals surface area (Å²) in [6.45, 7) is 3.84. The van der Waals surface area contributed by atoms with E-state index in [0.29, 0.717) is 5.46 Å².